The van der Waals surface area contributed by atoms with E-state index in [0.717, 1.165) is 25.9 Å². The van der Waals surface area contributed by atoms with Crippen LogP contribution in [0, 0.1) is 11.8 Å². The van der Waals surface area contributed by atoms with Crippen LogP contribution in [0.1, 0.15) is 31.0 Å². The summed E-state index contributed by atoms with van der Waals surface area (Å²) < 4.78 is 1.55. The molecule has 0 bridgehead atoms. The molecule has 0 spiro atoms. The second-order valence-electron chi connectivity index (χ2n) is 7.09. The summed E-state index contributed by atoms with van der Waals surface area (Å²) in [4.78, 5) is 27.5. The van der Waals surface area contributed by atoms with Crippen LogP contribution < -0.4 is 16.2 Å². The summed E-state index contributed by atoms with van der Waals surface area (Å²) >= 11 is 0. The van der Waals surface area contributed by atoms with Gasteiger partial charge in [0.25, 0.3) is 5.56 Å². The summed E-state index contributed by atoms with van der Waals surface area (Å²) in [7, 11) is 1.72. The molecule has 4 rings (SSSR count). The number of hydrogen-bond acceptors (Lipinski definition) is 7. The summed E-state index contributed by atoms with van der Waals surface area (Å²) in [6, 6.07) is 0. The molecule has 9 nitrogen and oxygen atoms in total. The molecule has 0 aliphatic carbocycles. The first-order valence-corrected chi connectivity index (χ1v) is 8.70. The van der Waals surface area contributed by atoms with Crippen LogP contribution in [0.5, 0.6) is 0 Å². The molecule has 1 saturated heterocycles. The van der Waals surface area contributed by atoms with E-state index in [1.807, 2.05) is 0 Å². The Morgan fingerprint density at radius 1 is 1.22 bits per heavy atom. The molecule has 1 fully saturated rings. The number of piperidine rings is 1. The zero-order chi connectivity index (χ0) is 19.0. The lowest BCUT2D eigenvalue weighted by atomic mass is 9.91. The minimum absolute atomic E-state index is 0.169. The van der Waals surface area contributed by atoms with Crippen molar-refractivity contribution >= 4 is 17.0 Å². The van der Waals surface area contributed by atoms with E-state index in [4.69, 9.17) is 5.73 Å². The van der Waals surface area contributed by atoms with Crippen molar-refractivity contribution in [1.82, 2.24) is 29.7 Å². The lowest BCUT2D eigenvalue weighted by Crippen LogP contribution is -2.49. The Morgan fingerprint density at radius 3 is 2.63 bits per heavy atom. The molecule has 0 saturated carbocycles. The first kappa shape index (κ1) is 17.2. The number of H-pyrrole nitrogens is 1. The van der Waals surface area contributed by atoms with Gasteiger partial charge in [-0.25, -0.2) is 9.97 Å². The highest BCUT2D eigenvalue weighted by Crippen LogP contribution is 2.23. The number of hydrogen-bond donors (Lipinski definition) is 2. The minimum atomic E-state index is -0.182. The monoisotopic (exact) mass is 364 g/mol. The topological polar surface area (TPSA) is 119 Å². The highest BCUT2D eigenvalue weighted by Gasteiger charge is 2.28. The summed E-state index contributed by atoms with van der Waals surface area (Å²) in [5, 5.41) is 7.38. The third-order valence-corrected chi connectivity index (χ3v) is 4.85. The van der Waals surface area contributed by atoms with E-state index in [2.05, 4.69) is 48.8 Å². The standard InChI is InChI=1S/C18H20N8O/c1-18(19)5-7-26(8-6-18)17-22-15-14(16(27)25(17)2)13(23-24-15)4-3-12-9-20-11-21-10-12/h9-11H,5-8,19H2,1-2H3,(H,23,24). The minimum Gasteiger partial charge on any atom is -0.342 e. The molecule has 3 aromatic rings. The van der Waals surface area contributed by atoms with Crippen LogP contribution in [-0.2, 0) is 7.05 Å². The van der Waals surface area contributed by atoms with Gasteiger partial charge in [-0.1, -0.05) is 5.92 Å². The molecule has 0 unspecified atom stereocenters. The molecule has 0 aromatic carbocycles. The first-order valence-electron chi connectivity index (χ1n) is 8.70. The van der Waals surface area contributed by atoms with Gasteiger partial charge in [-0.05, 0) is 25.7 Å². The first-order chi connectivity index (χ1) is 12.9. The quantitative estimate of drug-likeness (QED) is 0.591. The maximum absolute atomic E-state index is 12.9. The highest BCUT2D eigenvalue weighted by molar-refractivity contribution is 5.81. The van der Waals surface area contributed by atoms with Crippen LogP contribution in [0.3, 0.4) is 0 Å². The van der Waals surface area contributed by atoms with Crippen molar-refractivity contribution in [2.24, 2.45) is 12.8 Å². The molecular weight excluding hydrogens is 344 g/mol. The van der Waals surface area contributed by atoms with Gasteiger partial charge in [0.2, 0.25) is 5.95 Å². The van der Waals surface area contributed by atoms with Crippen molar-refractivity contribution in [3.63, 3.8) is 0 Å². The molecule has 138 valence electrons. The van der Waals surface area contributed by atoms with Crippen molar-refractivity contribution < 1.29 is 0 Å². The fourth-order valence-electron chi connectivity index (χ4n) is 3.14. The predicted molar refractivity (Wildman–Crippen MR) is 101 cm³/mol. The number of fused-ring (bicyclic) bond motifs is 1. The summed E-state index contributed by atoms with van der Waals surface area (Å²) in [6.45, 7) is 3.57. The Balaban J connectivity index is 1.72. The van der Waals surface area contributed by atoms with E-state index >= 15 is 0 Å². The molecule has 27 heavy (non-hydrogen) atoms. The zero-order valence-corrected chi connectivity index (χ0v) is 15.2. The number of aromatic amines is 1. The molecule has 3 N–H and O–H groups in total. The van der Waals surface area contributed by atoms with Crippen molar-refractivity contribution in [3.05, 3.63) is 40.3 Å². The van der Waals surface area contributed by atoms with Crippen LogP contribution in [-0.4, -0.2) is 48.3 Å². The second kappa shape index (κ2) is 6.48. The SMILES string of the molecule is Cn1c(N2CCC(C)(N)CC2)nc2[nH]nc(C#Cc3cncnc3)c2c1=O. The van der Waals surface area contributed by atoms with Gasteiger partial charge in [0.15, 0.2) is 11.3 Å². The summed E-state index contributed by atoms with van der Waals surface area (Å²) in [6.07, 6.45) is 6.33. The Hall–Kier alpha value is -3.25. The van der Waals surface area contributed by atoms with Crippen LogP contribution in [0.15, 0.2) is 23.5 Å². The molecule has 3 aromatic heterocycles. The van der Waals surface area contributed by atoms with Crippen molar-refractivity contribution in [1.29, 1.82) is 0 Å². The van der Waals surface area contributed by atoms with E-state index in [0.29, 0.717) is 28.2 Å². The average Bonchev–Trinajstić information content (AvgIpc) is 3.07. The smallest absolute Gasteiger partial charge is 0.267 e. The van der Waals surface area contributed by atoms with Crippen molar-refractivity contribution in [2.45, 2.75) is 25.3 Å². The lowest BCUT2D eigenvalue weighted by molar-refractivity contribution is 0.360. The van der Waals surface area contributed by atoms with Gasteiger partial charge in [0.05, 0.1) is 5.56 Å². The van der Waals surface area contributed by atoms with Gasteiger partial charge >= 0.3 is 0 Å². The molecule has 0 radical (unpaired) electrons. The molecule has 0 atom stereocenters. The van der Waals surface area contributed by atoms with Crippen molar-refractivity contribution in [3.8, 4) is 11.8 Å². The number of anilines is 1. The van der Waals surface area contributed by atoms with E-state index in [1.165, 1.54) is 6.33 Å². The van der Waals surface area contributed by atoms with Gasteiger partial charge < -0.3 is 10.6 Å². The number of aromatic nitrogens is 6. The zero-order valence-electron chi connectivity index (χ0n) is 15.2. The lowest BCUT2D eigenvalue weighted by Gasteiger charge is -2.37. The molecule has 1 aliphatic rings. The van der Waals surface area contributed by atoms with E-state index in [9.17, 15) is 4.79 Å². The van der Waals surface area contributed by atoms with E-state index < -0.39 is 0 Å². The van der Waals surface area contributed by atoms with Crippen molar-refractivity contribution in [2.75, 3.05) is 18.0 Å². The molecule has 1 aliphatic heterocycles. The molecular formula is C18H20N8O. The summed E-state index contributed by atoms with van der Waals surface area (Å²) in [5.74, 6) is 6.43. The normalized spacial score (nSPS) is 16.2. The fourth-order valence-corrected chi connectivity index (χ4v) is 3.14. The highest BCUT2D eigenvalue weighted by atomic mass is 16.1. The third-order valence-electron chi connectivity index (χ3n) is 4.85. The third kappa shape index (κ3) is 3.27. The van der Waals surface area contributed by atoms with Gasteiger partial charge in [-0.15, -0.1) is 0 Å². The Bertz CT molecular complexity index is 1090. The van der Waals surface area contributed by atoms with Gasteiger partial charge in [0, 0.05) is 38.1 Å². The second-order valence-corrected chi connectivity index (χ2v) is 7.09. The Morgan fingerprint density at radius 2 is 1.93 bits per heavy atom. The average molecular weight is 364 g/mol. The maximum atomic E-state index is 12.9. The number of rotatable bonds is 1. The van der Waals surface area contributed by atoms with Crippen LogP contribution in [0.4, 0.5) is 5.95 Å². The predicted octanol–water partition coefficient (Wildman–Crippen LogP) is 0.164. The molecule has 0 amide bonds. The maximum Gasteiger partial charge on any atom is 0.267 e. The number of nitrogens with one attached hydrogen (secondary N) is 1. The van der Waals surface area contributed by atoms with Gasteiger partial charge in [-0.3, -0.25) is 14.5 Å². The Kier molecular flexibility index (Phi) is 4.12. The number of nitrogens with two attached hydrogens (primary N) is 1. The fraction of sp³-hybridized carbons (Fsp3) is 0.389. The summed E-state index contributed by atoms with van der Waals surface area (Å²) in [5.41, 5.74) is 7.30. The Labute approximate surface area is 155 Å². The molecule has 9 heteroatoms. The van der Waals surface area contributed by atoms with Crippen LogP contribution in [0.25, 0.3) is 11.0 Å². The van der Waals surface area contributed by atoms with Crippen LogP contribution in [0.2, 0.25) is 0 Å². The van der Waals surface area contributed by atoms with Crippen LogP contribution >= 0.6 is 0 Å². The molecule has 4 heterocycles. The van der Waals surface area contributed by atoms with E-state index in [1.54, 1.807) is 24.0 Å². The number of nitrogens with zero attached hydrogens (tertiary/aromatic N) is 6. The van der Waals surface area contributed by atoms with Gasteiger partial charge in [-0.2, -0.15) is 10.1 Å². The van der Waals surface area contributed by atoms with E-state index in [-0.39, 0.29) is 11.1 Å². The largest absolute Gasteiger partial charge is 0.342 e. The van der Waals surface area contributed by atoms with Gasteiger partial charge in [0.1, 0.15) is 11.7 Å².